The van der Waals surface area contributed by atoms with E-state index in [1.54, 1.807) is 0 Å². The van der Waals surface area contributed by atoms with E-state index in [0.29, 0.717) is 16.0 Å². The summed E-state index contributed by atoms with van der Waals surface area (Å²) in [4.78, 5) is 0. The predicted octanol–water partition coefficient (Wildman–Crippen LogP) is 4.79. The second-order valence-electron chi connectivity index (χ2n) is 4.30. The maximum atomic E-state index is 9.14. The molecule has 16 heavy (non-hydrogen) atoms. The van der Waals surface area contributed by atoms with Gasteiger partial charge in [0.1, 0.15) is 0 Å². The number of hydrogen-bond donors (Lipinski definition) is 0. The van der Waals surface area contributed by atoms with E-state index in [1.165, 1.54) is 6.42 Å². The van der Waals surface area contributed by atoms with Crippen molar-refractivity contribution in [2.45, 2.75) is 31.6 Å². The smallest absolute Gasteiger partial charge is 0.0662 e. The van der Waals surface area contributed by atoms with Gasteiger partial charge in [0.2, 0.25) is 0 Å². The number of nitriles is 1. The summed E-state index contributed by atoms with van der Waals surface area (Å²) in [5.74, 6) is 0.458. The van der Waals surface area contributed by atoms with E-state index in [0.717, 1.165) is 24.8 Å². The lowest BCUT2D eigenvalue weighted by molar-refractivity contribution is 0.369. The van der Waals surface area contributed by atoms with Gasteiger partial charge in [0.05, 0.1) is 22.0 Å². The van der Waals surface area contributed by atoms with Crippen LogP contribution in [0.15, 0.2) is 18.2 Å². The molecule has 2 atom stereocenters. The van der Waals surface area contributed by atoms with Gasteiger partial charge in [-0.15, -0.1) is 0 Å². The van der Waals surface area contributed by atoms with Crippen LogP contribution in [0.3, 0.4) is 0 Å². The molecule has 1 aromatic carbocycles. The highest BCUT2D eigenvalue weighted by molar-refractivity contribution is 6.42. The molecule has 0 aromatic heterocycles. The zero-order chi connectivity index (χ0) is 11.5. The van der Waals surface area contributed by atoms with Gasteiger partial charge in [-0.2, -0.15) is 5.26 Å². The second-order valence-corrected chi connectivity index (χ2v) is 5.11. The molecular weight excluding hydrogens is 241 g/mol. The highest BCUT2D eigenvalue weighted by atomic mass is 35.5. The first-order valence-electron chi connectivity index (χ1n) is 5.57. The minimum atomic E-state index is 0.131. The van der Waals surface area contributed by atoms with Gasteiger partial charge in [-0.1, -0.05) is 42.1 Å². The fraction of sp³-hybridized carbons (Fsp3) is 0.462. The molecular formula is C13H13Cl2N. The summed E-state index contributed by atoms with van der Waals surface area (Å²) in [6.07, 6.45) is 4.44. The van der Waals surface area contributed by atoms with E-state index >= 15 is 0 Å². The van der Waals surface area contributed by atoms with Crippen molar-refractivity contribution in [2.24, 2.45) is 5.92 Å². The Hall–Kier alpha value is -0.710. The van der Waals surface area contributed by atoms with Crippen molar-refractivity contribution in [2.75, 3.05) is 0 Å². The van der Waals surface area contributed by atoms with Crippen LogP contribution in [0.25, 0.3) is 0 Å². The van der Waals surface area contributed by atoms with Crippen molar-refractivity contribution < 1.29 is 0 Å². The average molecular weight is 254 g/mol. The molecule has 0 saturated heterocycles. The third-order valence-corrected chi connectivity index (χ3v) is 4.04. The Balaban J connectivity index is 2.28. The van der Waals surface area contributed by atoms with E-state index in [2.05, 4.69) is 6.07 Å². The molecule has 1 saturated carbocycles. The highest BCUT2D eigenvalue weighted by Gasteiger charge is 2.26. The van der Waals surface area contributed by atoms with Crippen LogP contribution in [-0.4, -0.2) is 0 Å². The number of benzene rings is 1. The maximum Gasteiger partial charge on any atom is 0.0662 e. The predicted molar refractivity (Wildman–Crippen MR) is 66.8 cm³/mol. The number of nitrogens with zero attached hydrogens (tertiary/aromatic N) is 1. The minimum Gasteiger partial charge on any atom is -0.198 e. The Bertz CT molecular complexity index is 422. The quantitative estimate of drug-likeness (QED) is 0.706. The molecule has 0 amide bonds. The first-order chi connectivity index (χ1) is 7.72. The van der Waals surface area contributed by atoms with Crippen LogP contribution in [0.1, 0.15) is 37.2 Å². The van der Waals surface area contributed by atoms with E-state index < -0.39 is 0 Å². The standard InChI is InChI=1S/C13H13Cl2N/c14-12-6-5-9(7-13(12)15)11-4-2-1-3-10(11)8-16/h5-7,10-11H,1-4H2. The Morgan fingerprint density at radius 3 is 2.56 bits per heavy atom. The van der Waals surface area contributed by atoms with Gasteiger partial charge in [0.25, 0.3) is 0 Å². The summed E-state index contributed by atoms with van der Waals surface area (Å²) in [5, 5.41) is 10.3. The fourth-order valence-corrected chi connectivity index (χ4v) is 2.73. The van der Waals surface area contributed by atoms with Gasteiger partial charge in [-0.25, -0.2) is 0 Å². The molecule has 0 heterocycles. The van der Waals surface area contributed by atoms with Crippen LogP contribution in [0.5, 0.6) is 0 Å². The lowest BCUT2D eigenvalue weighted by Crippen LogP contribution is -2.16. The molecule has 0 N–H and O–H groups in total. The van der Waals surface area contributed by atoms with Crippen LogP contribution in [0, 0.1) is 17.2 Å². The van der Waals surface area contributed by atoms with Gasteiger partial charge in [0.15, 0.2) is 0 Å². The zero-order valence-electron chi connectivity index (χ0n) is 8.92. The third-order valence-electron chi connectivity index (χ3n) is 3.30. The maximum absolute atomic E-state index is 9.14. The molecule has 0 aliphatic heterocycles. The van der Waals surface area contributed by atoms with Crippen LogP contribution in [0.2, 0.25) is 10.0 Å². The molecule has 2 unspecified atom stereocenters. The van der Waals surface area contributed by atoms with Crippen molar-refractivity contribution in [3.8, 4) is 6.07 Å². The third kappa shape index (κ3) is 2.34. The summed E-state index contributed by atoms with van der Waals surface area (Å²) in [5.41, 5.74) is 1.15. The van der Waals surface area contributed by atoms with Gasteiger partial charge < -0.3 is 0 Å². The zero-order valence-corrected chi connectivity index (χ0v) is 10.4. The average Bonchev–Trinajstić information content (AvgIpc) is 2.32. The lowest BCUT2D eigenvalue weighted by atomic mass is 9.76. The van der Waals surface area contributed by atoms with Gasteiger partial charge >= 0.3 is 0 Å². The molecule has 2 rings (SSSR count). The number of hydrogen-bond acceptors (Lipinski definition) is 1. The highest BCUT2D eigenvalue weighted by Crippen LogP contribution is 2.39. The first kappa shape index (κ1) is 11.8. The van der Waals surface area contributed by atoms with E-state index in [-0.39, 0.29) is 5.92 Å². The summed E-state index contributed by atoms with van der Waals surface area (Å²) in [6, 6.07) is 8.13. The summed E-state index contributed by atoms with van der Waals surface area (Å²) >= 11 is 11.9. The van der Waals surface area contributed by atoms with Crippen LogP contribution < -0.4 is 0 Å². The van der Waals surface area contributed by atoms with Gasteiger partial charge in [-0.3, -0.25) is 0 Å². The summed E-state index contributed by atoms with van der Waals surface area (Å²) < 4.78 is 0. The normalized spacial score (nSPS) is 25.1. The largest absolute Gasteiger partial charge is 0.198 e. The minimum absolute atomic E-state index is 0.131. The molecule has 1 aliphatic carbocycles. The van der Waals surface area contributed by atoms with Crippen LogP contribution in [0.4, 0.5) is 0 Å². The molecule has 0 radical (unpaired) electrons. The van der Waals surface area contributed by atoms with Gasteiger partial charge in [0, 0.05) is 0 Å². The number of rotatable bonds is 1. The topological polar surface area (TPSA) is 23.8 Å². The molecule has 1 aliphatic rings. The van der Waals surface area contributed by atoms with E-state index in [9.17, 15) is 0 Å². The Labute approximate surface area is 106 Å². The molecule has 1 nitrogen and oxygen atoms in total. The van der Waals surface area contributed by atoms with Crippen molar-refractivity contribution in [3.05, 3.63) is 33.8 Å². The molecule has 3 heteroatoms. The second kappa shape index (κ2) is 5.08. The summed E-state index contributed by atoms with van der Waals surface area (Å²) in [6.45, 7) is 0. The molecule has 1 fully saturated rings. The summed E-state index contributed by atoms with van der Waals surface area (Å²) in [7, 11) is 0. The SMILES string of the molecule is N#CC1CCCCC1c1ccc(Cl)c(Cl)c1. The van der Waals surface area contributed by atoms with Crippen molar-refractivity contribution >= 4 is 23.2 Å². The molecule has 0 bridgehead atoms. The van der Waals surface area contributed by atoms with Crippen molar-refractivity contribution in [3.63, 3.8) is 0 Å². The monoisotopic (exact) mass is 253 g/mol. The van der Waals surface area contributed by atoms with Gasteiger partial charge in [-0.05, 0) is 36.5 Å². The first-order valence-corrected chi connectivity index (χ1v) is 6.32. The van der Waals surface area contributed by atoms with E-state index in [4.69, 9.17) is 28.5 Å². The molecule has 84 valence electrons. The molecule has 0 spiro atoms. The van der Waals surface area contributed by atoms with Crippen molar-refractivity contribution in [1.82, 2.24) is 0 Å². The van der Waals surface area contributed by atoms with E-state index in [1.807, 2.05) is 18.2 Å². The van der Waals surface area contributed by atoms with Crippen LogP contribution >= 0.6 is 23.2 Å². The fourth-order valence-electron chi connectivity index (χ4n) is 2.43. The Kier molecular flexibility index (Phi) is 3.74. The molecule has 1 aromatic rings. The Morgan fingerprint density at radius 1 is 1.12 bits per heavy atom. The Morgan fingerprint density at radius 2 is 1.88 bits per heavy atom. The lowest BCUT2D eigenvalue weighted by Gasteiger charge is -2.27. The van der Waals surface area contributed by atoms with Crippen LogP contribution in [-0.2, 0) is 0 Å². The number of halogens is 2. The van der Waals surface area contributed by atoms with Crippen molar-refractivity contribution in [1.29, 1.82) is 5.26 Å².